The number of hydrogen-bond acceptors (Lipinski definition) is 8. The number of carboxylic acids is 1. The Morgan fingerprint density at radius 2 is 1.84 bits per heavy atom. The van der Waals surface area contributed by atoms with E-state index in [1.54, 1.807) is 47.0 Å². The van der Waals surface area contributed by atoms with Crippen molar-refractivity contribution in [2.75, 3.05) is 24.7 Å². The lowest BCUT2D eigenvalue weighted by atomic mass is 9.93. The lowest BCUT2D eigenvalue weighted by Gasteiger charge is -2.29. The van der Waals surface area contributed by atoms with Crippen molar-refractivity contribution in [1.29, 1.82) is 0 Å². The summed E-state index contributed by atoms with van der Waals surface area (Å²) in [5, 5.41) is 17.5. The van der Waals surface area contributed by atoms with Crippen molar-refractivity contribution in [3.63, 3.8) is 0 Å². The number of rotatable bonds is 11. The maximum Gasteiger partial charge on any atom is 0.414 e. The molecule has 1 fully saturated rings. The van der Waals surface area contributed by atoms with Crippen LogP contribution in [-0.2, 0) is 25.7 Å². The largest absolute Gasteiger partial charge is 0.490 e. The Bertz CT molecular complexity index is 1940. The predicted molar refractivity (Wildman–Crippen MR) is 184 cm³/mol. The third kappa shape index (κ3) is 8.16. The molecule has 1 saturated carbocycles. The van der Waals surface area contributed by atoms with Gasteiger partial charge in [-0.15, -0.1) is 0 Å². The number of carbonyl (C=O) groups excluding carboxylic acids is 4. The quantitative estimate of drug-likeness (QED) is 0.168. The van der Waals surface area contributed by atoms with Crippen LogP contribution in [0.25, 0.3) is 11.1 Å². The van der Waals surface area contributed by atoms with Crippen LogP contribution in [0, 0.1) is 12.8 Å². The zero-order valence-electron chi connectivity index (χ0n) is 27.2. The fraction of sp³-hybridized carbons (Fsp3) is 0.306. The second kappa shape index (κ2) is 16.0. The van der Waals surface area contributed by atoms with Gasteiger partial charge in [0, 0.05) is 39.5 Å². The number of aliphatic carboxylic acids is 1. The molecule has 50 heavy (non-hydrogen) atoms. The molecule has 3 atom stereocenters. The molecule has 4 aromatic rings. The molecule has 2 heterocycles. The molecule has 0 unspecified atom stereocenters. The van der Waals surface area contributed by atoms with E-state index in [0.29, 0.717) is 51.8 Å². The highest BCUT2D eigenvalue weighted by molar-refractivity contribution is 6.31. The summed E-state index contributed by atoms with van der Waals surface area (Å²) < 4.78 is 13.2. The van der Waals surface area contributed by atoms with E-state index < -0.39 is 24.0 Å². The molecule has 3 aromatic carbocycles. The molecule has 2 N–H and O–H groups in total. The first-order valence-corrected chi connectivity index (χ1v) is 16.6. The van der Waals surface area contributed by atoms with E-state index in [1.807, 2.05) is 43.5 Å². The standard InChI is InChI=1S/C35H34Cl2N4O6.CO2/c1-3-29(34(43)44)39-33(42)21-10-11-28(37)23(14-21)17-40-18-24(16-38-40)25-6-4-8-30-32(25)26-15-22(26)19-41(30)35(45)47-13-12-46-31-9-5-7-27(36)20(31)2;2-1-3/h4-11,14,16,18,22,26,29H,3,12-13,15,17,19H2,1-2H3,(H,39,42)(H,43,44);/t22-,26-,29+;/m0./s1. The number of carboxylic acid groups (broad SMARTS) is 1. The van der Waals surface area contributed by atoms with Crippen LogP contribution in [-0.4, -0.2) is 64.8 Å². The number of aromatic nitrogens is 2. The summed E-state index contributed by atoms with van der Waals surface area (Å²) in [7, 11) is 0. The molecular formula is C36H34Cl2N4O8. The number of ether oxygens (including phenoxy) is 2. The maximum atomic E-state index is 13.3. The predicted octanol–water partition coefficient (Wildman–Crippen LogP) is 6.36. The summed E-state index contributed by atoms with van der Waals surface area (Å²) in [5.41, 5.74) is 5.64. The molecule has 0 spiro atoms. The summed E-state index contributed by atoms with van der Waals surface area (Å²) in [6.45, 7) is 4.77. The Kier molecular flexibility index (Phi) is 11.6. The SMILES string of the molecule is CC[C@@H](NC(=O)c1ccc(Cl)c(Cn2cc(-c3cccc4c3[C@H]3C[C@H]3CN4C(=O)OCCOc3cccc(Cl)c3C)cn2)c1)C(=O)O.O=C=O. The maximum absolute atomic E-state index is 13.3. The van der Waals surface area contributed by atoms with Crippen molar-refractivity contribution in [3.05, 3.63) is 99.3 Å². The topological polar surface area (TPSA) is 157 Å². The van der Waals surface area contributed by atoms with Gasteiger partial charge in [0.1, 0.15) is 25.0 Å². The Labute approximate surface area is 297 Å². The monoisotopic (exact) mass is 720 g/mol. The van der Waals surface area contributed by atoms with Gasteiger partial charge < -0.3 is 19.9 Å². The lowest BCUT2D eigenvalue weighted by molar-refractivity contribution is -0.191. The molecule has 0 radical (unpaired) electrons. The first-order valence-electron chi connectivity index (χ1n) is 15.9. The van der Waals surface area contributed by atoms with E-state index in [-0.39, 0.29) is 25.8 Å². The van der Waals surface area contributed by atoms with E-state index in [4.69, 9.17) is 42.3 Å². The molecule has 1 aliphatic heterocycles. The highest BCUT2D eigenvalue weighted by Crippen LogP contribution is 2.57. The first-order chi connectivity index (χ1) is 24.1. The van der Waals surface area contributed by atoms with E-state index >= 15 is 0 Å². The molecule has 12 nitrogen and oxygen atoms in total. The summed E-state index contributed by atoms with van der Waals surface area (Å²) >= 11 is 12.7. The molecule has 260 valence electrons. The Hall–Kier alpha value is -5.16. The van der Waals surface area contributed by atoms with Crippen LogP contribution >= 0.6 is 23.2 Å². The Morgan fingerprint density at radius 1 is 1.08 bits per heavy atom. The second-order valence-corrected chi connectivity index (χ2v) is 12.7. The van der Waals surface area contributed by atoms with Crippen LogP contribution in [0.15, 0.2) is 67.0 Å². The zero-order chi connectivity index (χ0) is 35.9. The van der Waals surface area contributed by atoms with Gasteiger partial charge in [-0.05, 0) is 84.7 Å². The zero-order valence-corrected chi connectivity index (χ0v) is 28.7. The highest BCUT2D eigenvalue weighted by Gasteiger charge is 2.48. The van der Waals surface area contributed by atoms with Crippen molar-refractivity contribution >= 4 is 53.0 Å². The lowest BCUT2D eigenvalue weighted by Crippen LogP contribution is -2.40. The van der Waals surface area contributed by atoms with Crippen LogP contribution in [0.5, 0.6) is 5.75 Å². The Balaban J connectivity index is 0.00000156. The van der Waals surface area contributed by atoms with Gasteiger partial charge in [0.15, 0.2) is 0 Å². The molecule has 6 rings (SSSR count). The van der Waals surface area contributed by atoms with Gasteiger partial charge in [-0.2, -0.15) is 14.7 Å². The number of nitrogens with zero attached hydrogens (tertiary/aromatic N) is 3. The molecule has 0 saturated heterocycles. The average Bonchev–Trinajstić information content (AvgIpc) is 3.75. The van der Waals surface area contributed by atoms with Crippen molar-refractivity contribution in [3.8, 4) is 16.9 Å². The summed E-state index contributed by atoms with van der Waals surface area (Å²) in [5.74, 6) is -0.207. The number of amides is 2. The van der Waals surface area contributed by atoms with Gasteiger partial charge >= 0.3 is 18.2 Å². The number of benzene rings is 3. The van der Waals surface area contributed by atoms with E-state index in [0.717, 1.165) is 34.4 Å². The Morgan fingerprint density at radius 3 is 2.58 bits per heavy atom. The summed E-state index contributed by atoms with van der Waals surface area (Å²) in [6.07, 6.45) is 4.79. The van der Waals surface area contributed by atoms with Gasteiger partial charge in [0.05, 0.1) is 18.4 Å². The van der Waals surface area contributed by atoms with Crippen LogP contribution in [0.2, 0.25) is 10.0 Å². The summed E-state index contributed by atoms with van der Waals surface area (Å²) in [4.78, 5) is 55.3. The molecule has 2 aliphatic rings. The molecule has 1 aromatic heterocycles. The van der Waals surface area contributed by atoms with Crippen LogP contribution in [0.1, 0.15) is 52.7 Å². The molecule has 1 aliphatic carbocycles. The number of halogens is 2. The third-order valence-electron chi connectivity index (χ3n) is 8.69. The van der Waals surface area contributed by atoms with Crippen LogP contribution in [0.4, 0.5) is 10.5 Å². The number of fused-ring (bicyclic) bond motifs is 3. The number of nitrogens with one attached hydrogen (secondary N) is 1. The first kappa shape index (κ1) is 36.1. The minimum absolute atomic E-state index is 0.0986. The van der Waals surface area contributed by atoms with Crippen molar-refractivity contribution in [2.45, 2.75) is 45.2 Å². The van der Waals surface area contributed by atoms with E-state index in [2.05, 4.69) is 10.4 Å². The van der Waals surface area contributed by atoms with Crippen LogP contribution < -0.4 is 15.0 Å². The van der Waals surface area contributed by atoms with Gasteiger partial charge in [0.2, 0.25) is 0 Å². The number of anilines is 1. The van der Waals surface area contributed by atoms with Gasteiger partial charge in [-0.25, -0.2) is 9.59 Å². The second-order valence-electron chi connectivity index (χ2n) is 11.9. The normalized spacial score (nSPS) is 16.0. The molecule has 2 amide bonds. The van der Waals surface area contributed by atoms with E-state index in [9.17, 15) is 19.5 Å². The average molecular weight is 722 g/mol. The fourth-order valence-electron chi connectivity index (χ4n) is 6.02. The number of hydrogen-bond donors (Lipinski definition) is 2. The number of carbonyl (C=O) groups is 3. The van der Waals surface area contributed by atoms with Crippen molar-refractivity contribution in [1.82, 2.24) is 15.1 Å². The van der Waals surface area contributed by atoms with Crippen LogP contribution in [0.3, 0.4) is 0 Å². The minimum atomic E-state index is -1.09. The minimum Gasteiger partial charge on any atom is -0.490 e. The fourth-order valence-corrected chi connectivity index (χ4v) is 6.37. The van der Waals surface area contributed by atoms with Gasteiger partial charge in [-0.3, -0.25) is 14.4 Å². The highest BCUT2D eigenvalue weighted by atomic mass is 35.5. The van der Waals surface area contributed by atoms with Crippen molar-refractivity contribution < 1.29 is 38.6 Å². The van der Waals surface area contributed by atoms with E-state index in [1.165, 1.54) is 0 Å². The van der Waals surface area contributed by atoms with Gasteiger partial charge in [-0.1, -0.05) is 48.3 Å². The third-order valence-corrected chi connectivity index (χ3v) is 9.46. The van der Waals surface area contributed by atoms with Gasteiger partial charge in [0.25, 0.3) is 5.91 Å². The molecule has 14 heteroatoms. The molecule has 0 bridgehead atoms. The molecular weight excluding hydrogens is 687 g/mol. The summed E-state index contributed by atoms with van der Waals surface area (Å²) in [6, 6.07) is 15.2. The van der Waals surface area contributed by atoms with Crippen molar-refractivity contribution in [2.24, 2.45) is 5.92 Å². The smallest absolute Gasteiger partial charge is 0.414 e.